The minimum absolute atomic E-state index is 0.0137. The van der Waals surface area contributed by atoms with Gasteiger partial charge in [0.05, 0.1) is 32.0 Å². The zero-order valence-corrected chi connectivity index (χ0v) is 17.6. The van der Waals surface area contributed by atoms with E-state index in [0.29, 0.717) is 0 Å². The van der Waals surface area contributed by atoms with Gasteiger partial charge in [0.15, 0.2) is 52.7 Å². The Hall–Kier alpha value is -2.63. The molecule has 0 aliphatic carbocycles. The number of carbonyl (C=O) groups is 1. The Morgan fingerprint density at radius 1 is 0.774 bits per heavy atom. The fraction of sp³-hybridized carbons (Fsp3) is 0.278. The number of rotatable bonds is 4. The normalized spacial score (nSPS) is 9.65. The number of hydrogen-bond donors (Lipinski definition) is 1. The summed E-state index contributed by atoms with van der Waals surface area (Å²) in [6, 6.07) is 0. The van der Waals surface area contributed by atoms with E-state index in [1.54, 1.807) is 0 Å². The summed E-state index contributed by atoms with van der Waals surface area (Å²) in [6.45, 7) is 1.34. The summed E-state index contributed by atoms with van der Waals surface area (Å²) in [5.41, 5.74) is -2.22. The van der Waals surface area contributed by atoms with Crippen LogP contribution in [0.5, 0.6) is 11.5 Å². The number of aldehydes is 1. The van der Waals surface area contributed by atoms with Crippen LogP contribution in [-0.2, 0) is 29.1 Å². The molecule has 0 spiro atoms. The average Bonchev–Trinajstić information content (AvgIpc) is 2.76. The summed E-state index contributed by atoms with van der Waals surface area (Å²) in [5, 5.41) is 8.72. The summed E-state index contributed by atoms with van der Waals surface area (Å²) in [7, 11) is 2.19. The molecule has 2 aromatic rings. The molecule has 0 unspecified atom stereocenters. The number of hydrogen-bond acceptors (Lipinski definition) is 6. The SMILES string of the molecule is COc1c(F)c(C)c(F)c(F)c1C=O.COc1c(F)c(C)c(F)c(F)c1CO.[O]=[Mn]=[O]. The Kier molecular flexibility index (Phi) is 11.8. The molecule has 1 N–H and O–H groups in total. The number of benzene rings is 2. The number of methoxy groups -OCH3 is 2. The molecule has 0 heterocycles. The first-order valence-electron chi connectivity index (χ1n) is 7.86. The van der Waals surface area contributed by atoms with Crippen LogP contribution in [0.1, 0.15) is 27.0 Å². The zero-order chi connectivity index (χ0) is 24.5. The van der Waals surface area contributed by atoms with Crippen LogP contribution in [0.2, 0.25) is 0 Å². The fourth-order valence-corrected chi connectivity index (χ4v) is 2.22. The van der Waals surface area contributed by atoms with Crippen LogP contribution >= 0.6 is 0 Å². The third-order valence-corrected chi connectivity index (χ3v) is 3.81. The third-order valence-electron chi connectivity index (χ3n) is 3.81. The van der Waals surface area contributed by atoms with Crippen LogP contribution in [0, 0.1) is 48.8 Å². The second kappa shape index (κ2) is 12.9. The first-order valence-corrected chi connectivity index (χ1v) is 8.83. The van der Waals surface area contributed by atoms with Crippen molar-refractivity contribution in [1.82, 2.24) is 0 Å². The van der Waals surface area contributed by atoms with Crippen molar-refractivity contribution in [2.24, 2.45) is 0 Å². The van der Waals surface area contributed by atoms with E-state index in [4.69, 9.17) is 12.8 Å². The first-order chi connectivity index (χ1) is 14.5. The van der Waals surface area contributed by atoms with E-state index in [1.165, 1.54) is 0 Å². The standard InChI is InChI=1S/C9H9F3O2.C9H7F3O2.Mn.2O/c2*1-4-6(10)8(12)5(3-13)9(14-2)7(4)11;;;/h13H,3H2,1-2H3;3H,1-2H3;;;. The number of aliphatic hydroxyl groups excluding tert-OH is 1. The molecule has 2 aromatic carbocycles. The van der Waals surface area contributed by atoms with Crippen molar-refractivity contribution in [3.8, 4) is 11.5 Å². The van der Waals surface area contributed by atoms with Crippen molar-refractivity contribution in [3.05, 3.63) is 57.2 Å². The molecule has 0 fully saturated rings. The van der Waals surface area contributed by atoms with E-state index in [1.807, 2.05) is 0 Å². The Bertz CT molecular complexity index is 958. The molecule has 0 bridgehead atoms. The number of ether oxygens (including phenoxy) is 2. The quantitative estimate of drug-likeness (QED) is 0.298. The Morgan fingerprint density at radius 3 is 1.52 bits per heavy atom. The Balaban J connectivity index is 0.000000516. The van der Waals surface area contributed by atoms with Crippen molar-refractivity contribution in [3.63, 3.8) is 0 Å². The van der Waals surface area contributed by atoms with Crippen molar-refractivity contribution in [2.75, 3.05) is 14.2 Å². The summed E-state index contributed by atoms with van der Waals surface area (Å²) in [6.07, 6.45) is 0.0137. The second-order valence-electron chi connectivity index (χ2n) is 5.43. The molecule has 2 rings (SSSR count). The van der Waals surface area contributed by atoms with Crippen LogP contribution in [0.15, 0.2) is 0 Å². The molecule has 13 heteroatoms. The average molecular weight is 497 g/mol. The van der Waals surface area contributed by atoms with Crippen LogP contribution in [-0.4, -0.2) is 25.6 Å². The molecule has 0 radical (unpaired) electrons. The molecule has 0 amide bonds. The minimum atomic E-state index is -1.44. The molecule has 6 nitrogen and oxygen atoms in total. The van der Waals surface area contributed by atoms with Gasteiger partial charge in [-0.2, -0.15) is 0 Å². The van der Waals surface area contributed by atoms with Gasteiger partial charge in [-0.15, -0.1) is 0 Å². The Labute approximate surface area is 178 Å². The van der Waals surface area contributed by atoms with Gasteiger partial charge in [0.2, 0.25) is 0 Å². The fourth-order valence-electron chi connectivity index (χ4n) is 2.22. The molecule has 173 valence electrons. The first kappa shape index (κ1) is 28.4. The maximum absolute atomic E-state index is 13.2. The van der Waals surface area contributed by atoms with Gasteiger partial charge in [-0.25, -0.2) is 26.3 Å². The van der Waals surface area contributed by atoms with E-state index in [0.717, 1.165) is 28.1 Å². The molecule has 0 aliphatic rings. The second-order valence-corrected chi connectivity index (χ2v) is 5.63. The third kappa shape index (κ3) is 6.18. The van der Waals surface area contributed by atoms with E-state index in [9.17, 15) is 31.1 Å². The monoisotopic (exact) mass is 497 g/mol. The number of aliphatic hydroxyl groups is 1. The van der Waals surface area contributed by atoms with Crippen molar-refractivity contribution in [1.29, 1.82) is 0 Å². The van der Waals surface area contributed by atoms with E-state index < -0.39 is 90.1 Å². The van der Waals surface area contributed by atoms with Gasteiger partial charge in [0.1, 0.15) is 0 Å². The van der Waals surface area contributed by atoms with Gasteiger partial charge in [-0.1, -0.05) is 0 Å². The summed E-state index contributed by atoms with van der Waals surface area (Å²) >= 11 is -1.44. The molecule has 0 saturated heterocycles. The summed E-state index contributed by atoms with van der Waals surface area (Å²) in [5.74, 6) is -8.42. The van der Waals surface area contributed by atoms with Gasteiger partial charge < -0.3 is 14.6 Å². The molecule has 0 saturated carbocycles. The molecule has 0 aliphatic heterocycles. The molecular weight excluding hydrogens is 481 g/mol. The predicted octanol–water partition coefficient (Wildman–Crippen LogP) is 3.91. The summed E-state index contributed by atoms with van der Waals surface area (Å²) in [4.78, 5) is 10.4. The van der Waals surface area contributed by atoms with Gasteiger partial charge in [0, 0.05) is 11.1 Å². The maximum atomic E-state index is 13.2. The van der Waals surface area contributed by atoms with E-state index >= 15 is 0 Å². The molecule has 0 aromatic heterocycles. The number of carbonyl (C=O) groups excluding carboxylic acids is 1. The topological polar surface area (TPSA) is 89.9 Å². The van der Waals surface area contributed by atoms with Crippen LogP contribution in [0.4, 0.5) is 26.3 Å². The van der Waals surface area contributed by atoms with Gasteiger partial charge in [-0.05, 0) is 13.8 Å². The van der Waals surface area contributed by atoms with Gasteiger partial charge >= 0.3 is 22.5 Å². The van der Waals surface area contributed by atoms with Gasteiger partial charge in [0.25, 0.3) is 0 Å². The zero-order valence-electron chi connectivity index (χ0n) is 16.4. The molecule has 0 atom stereocenters. The van der Waals surface area contributed by atoms with E-state index in [-0.39, 0.29) is 6.29 Å². The summed E-state index contributed by atoms with van der Waals surface area (Å²) < 4.78 is 104. The van der Waals surface area contributed by atoms with E-state index in [2.05, 4.69) is 9.47 Å². The molecular formula is C18H16F6MnO6. The Morgan fingerprint density at radius 2 is 1.16 bits per heavy atom. The molecule has 31 heavy (non-hydrogen) atoms. The van der Waals surface area contributed by atoms with Gasteiger partial charge in [-0.3, -0.25) is 4.79 Å². The van der Waals surface area contributed by atoms with Crippen LogP contribution in [0.3, 0.4) is 0 Å². The van der Waals surface area contributed by atoms with Crippen LogP contribution < -0.4 is 9.47 Å². The van der Waals surface area contributed by atoms with Crippen molar-refractivity contribution in [2.45, 2.75) is 20.5 Å². The van der Waals surface area contributed by atoms with Crippen molar-refractivity contribution < 1.29 is 68.2 Å². The van der Waals surface area contributed by atoms with Crippen molar-refractivity contribution >= 4 is 6.29 Å². The predicted molar refractivity (Wildman–Crippen MR) is 87.9 cm³/mol. The van der Waals surface area contributed by atoms with Crippen LogP contribution in [0.25, 0.3) is 0 Å². The number of halogens is 6.